The summed E-state index contributed by atoms with van der Waals surface area (Å²) in [5, 5.41) is 2.60. The van der Waals surface area contributed by atoms with E-state index in [9.17, 15) is 18.0 Å². The number of hydrogen-bond donors (Lipinski definition) is 2. The van der Waals surface area contributed by atoms with Gasteiger partial charge in [-0.15, -0.1) is 0 Å². The van der Waals surface area contributed by atoms with Crippen LogP contribution in [0.1, 0.15) is 11.5 Å². The Morgan fingerprint density at radius 1 is 1.10 bits per heavy atom. The second kappa shape index (κ2) is 8.19. The predicted octanol–water partition coefficient (Wildman–Crippen LogP) is 1.09. The quantitative estimate of drug-likeness (QED) is 0.616. The summed E-state index contributed by atoms with van der Waals surface area (Å²) in [6, 6.07) is 8.40. The van der Waals surface area contributed by atoms with E-state index >= 15 is 0 Å². The third-order valence-corrected chi connectivity index (χ3v) is 5.13. The van der Waals surface area contributed by atoms with Crippen molar-refractivity contribution < 1.29 is 13.2 Å². The van der Waals surface area contributed by atoms with Crippen LogP contribution >= 0.6 is 0 Å². The van der Waals surface area contributed by atoms with Gasteiger partial charge in [0.1, 0.15) is 18.2 Å². The molecule has 1 amide bonds. The van der Waals surface area contributed by atoms with E-state index in [1.807, 2.05) is 0 Å². The smallest absolute Gasteiger partial charge is 0.263 e. The molecule has 29 heavy (non-hydrogen) atoms. The van der Waals surface area contributed by atoms with Crippen molar-refractivity contribution in [1.82, 2.24) is 19.5 Å². The van der Waals surface area contributed by atoms with Crippen molar-refractivity contribution in [2.45, 2.75) is 25.3 Å². The summed E-state index contributed by atoms with van der Waals surface area (Å²) in [5.41, 5.74) is 0.679. The maximum atomic E-state index is 12.5. The Bertz CT molecular complexity index is 1190. The number of nitrogens with zero attached hydrogens (tertiary/aromatic N) is 4. The third kappa shape index (κ3) is 5.23. The molecule has 3 aromatic rings. The molecule has 0 fully saturated rings. The van der Waals surface area contributed by atoms with Crippen LogP contribution in [0.4, 0.5) is 11.5 Å². The Labute approximate surface area is 166 Å². The van der Waals surface area contributed by atoms with Crippen molar-refractivity contribution in [2.24, 2.45) is 0 Å². The highest BCUT2D eigenvalue weighted by molar-refractivity contribution is 7.92. The molecule has 2 N–H and O–H groups in total. The molecular formula is C18H18N6O4S. The Balaban J connectivity index is 1.69. The summed E-state index contributed by atoms with van der Waals surface area (Å²) in [7, 11) is -3.85. The van der Waals surface area contributed by atoms with Crippen molar-refractivity contribution in [3.63, 3.8) is 0 Å². The first kappa shape index (κ1) is 20.1. The van der Waals surface area contributed by atoms with E-state index in [1.54, 1.807) is 13.8 Å². The molecule has 0 saturated carbocycles. The number of anilines is 2. The Morgan fingerprint density at radius 2 is 1.83 bits per heavy atom. The van der Waals surface area contributed by atoms with Gasteiger partial charge in [-0.05, 0) is 38.1 Å². The lowest BCUT2D eigenvalue weighted by molar-refractivity contribution is -0.116. The first-order valence-electron chi connectivity index (χ1n) is 8.48. The van der Waals surface area contributed by atoms with Crippen molar-refractivity contribution in [2.75, 3.05) is 10.0 Å². The molecular weight excluding hydrogens is 396 g/mol. The van der Waals surface area contributed by atoms with E-state index < -0.39 is 15.9 Å². The zero-order valence-corrected chi connectivity index (χ0v) is 16.5. The number of nitrogens with one attached hydrogen (secondary N) is 2. The lowest BCUT2D eigenvalue weighted by Crippen LogP contribution is -2.27. The number of carbonyl (C=O) groups is 1. The maximum Gasteiger partial charge on any atom is 0.263 e. The highest BCUT2D eigenvalue weighted by Crippen LogP contribution is 2.17. The average molecular weight is 414 g/mol. The molecule has 10 nitrogen and oxygen atoms in total. The second-order valence-corrected chi connectivity index (χ2v) is 7.85. The number of rotatable bonds is 6. The summed E-state index contributed by atoms with van der Waals surface area (Å²) >= 11 is 0. The van der Waals surface area contributed by atoms with Crippen molar-refractivity contribution >= 4 is 27.4 Å². The molecule has 0 saturated heterocycles. The molecule has 0 aliphatic rings. The number of sulfonamides is 1. The van der Waals surface area contributed by atoms with E-state index in [-0.39, 0.29) is 22.8 Å². The number of hydrogen-bond acceptors (Lipinski definition) is 7. The van der Waals surface area contributed by atoms with Crippen LogP contribution in [-0.4, -0.2) is 33.8 Å². The van der Waals surface area contributed by atoms with Crippen LogP contribution in [0.25, 0.3) is 0 Å². The first-order chi connectivity index (χ1) is 13.7. The number of aromatic nitrogens is 4. The summed E-state index contributed by atoms with van der Waals surface area (Å²) in [4.78, 5) is 35.6. The van der Waals surface area contributed by atoms with E-state index in [0.717, 1.165) is 4.57 Å². The zero-order chi connectivity index (χ0) is 21.0. The van der Waals surface area contributed by atoms with Gasteiger partial charge in [0.15, 0.2) is 0 Å². The molecule has 0 atom stereocenters. The summed E-state index contributed by atoms with van der Waals surface area (Å²) in [5.74, 6) is 0.184. The van der Waals surface area contributed by atoms with Gasteiger partial charge >= 0.3 is 0 Å². The summed E-state index contributed by atoms with van der Waals surface area (Å²) in [6.45, 7) is 3.20. The Hall–Kier alpha value is -3.60. The Morgan fingerprint density at radius 3 is 2.48 bits per heavy atom. The number of benzene rings is 1. The first-order valence-corrected chi connectivity index (χ1v) is 9.97. The highest BCUT2D eigenvalue weighted by atomic mass is 32.2. The molecule has 0 aliphatic carbocycles. The topological polar surface area (TPSA) is 136 Å². The SMILES string of the molecule is Cc1cc(NS(=O)(=O)c2ccc(NC(=O)Cn3cnccc3=O)cc2)nc(C)n1. The summed E-state index contributed by atoms with van der Waals surface area (Å²) < 4.78 is 28.6. The minimum absolute atomic E-state index is 0.00731. The third-order valence-electron chi connectivity index (χ3n) is 3.76. The van der Waals surface area contributed by atoms with E-state index in [2.05, 4.69) is 25.0 Å². The van der Waals surface area contributed by atoms with E-state index in [4.69, 9.17) is 0 Å². The van der Waals surface area contributed by atoms with Gasteiger partial charge in [0.25, 0.3) is 15.6 Å². The Kier molecular flexibility index (Phi) is 5.69. The molecule has 2 heterocycles. The number of carbonyl (C=O) groups excluding carboxylic acids is 1. The molecule has 0 radical (unpaired) electrons. The fourth-order valence-corrected chi connectivity index (χ4v) is 3.53. The molecule has 150 valence electrons. The molecule has 0 aliphatic heterocycles. The summed E-state index contributed by atoms with van der Waals surface area (Å²) in [6.07, 6.45) is 2.61. The van der Waals surface area contributed by atoms with Gasteiger partial charge < -0.3 is 5.32 Å². The van der Waals surface area contributed by atoms with Gasteiger partial charge in [-0.1, -0.05) is 0 Å². The fourth-order valence-electron chi connectivity index (χ4n) is 2.54. The molecule has 2 aromatic heterocycles. The maximum absolute atomic E-state index is 12.5. The number of aryl methyl sites for hydroxylation is 2. The van der Waals surface area contributed by atoms with Crippen LogP contribution in [-0.2, 0) is 21.4 Å². The highest BCUT2D eigenvalue weighted by Gasteiger charge is 2.16. The zero-order valence-electron chi connectivity index (χ0n) is 15.7. The monoisotopic (exact) mass is 414 g/mol. The van der Waals surface area contributed by atoms with Gasteiger partial charge in [-0.25, -0.2) is 23.4 Å². The molecule has 1 aromatic carbocycles. The minimum Gasteiger partial charge on any atom is -0.325 e. The van der Waals surface area contributed by atoms with Gasteiger partial charge in [0.05, 0.1) is 11.2 Å². The van der Waals surface area contributed by atoms with Crippen molar-refractivity contribution in [1.29, 1.82) is 0 Å². The lowest BCUT2D eigenvalue weighted by atomic mass is 10.3. The van der Waals surface area contributed by atoms with Crippen molar-refractivity contribution in [3.05, 3.63) is 70.8 Å². The molecule has 0 spiro atoms. The van der Waals surface area contributed by atoms with Crippen LogP contribution in [0, 0.1) is 13.8 Å². The second-order valence-electron chi connectivity index (χ2n) is 6.17. The van der Waals surface area contributed by atoms with Gasteiger partial charge in [-0.3, -0.25) is 18.9 Å². The molecule has 0 unspecified atom stereocenters. The van der Waals surface area contributed by atoms with Crippen LogP contribution in [0.5, 0.6) is 0 Å². The predicted molar refractivity (Wildman–Crippen MR) is 106 cm³/mol. The van der Waals surface area contributed by atoms with Crippen LogP contribution in [0.15, 0.2) is 58.6 Å². The van der Waals surface area contributed by atoms with Gasteiger partial charge in [0, 0.05) is 29.7 Å². The molecule has 3 rings (SSSR count). The van der Waals surface area contributed by atoms with E-state index in [0.29, 0.717) is 17.2 Å². The normalized spacial score (nSPS) is 11.1. The lowest BCUT2D eigenvalue weighted by Gasteiger charge is -2.10. The van der Waals surface area contributed by atoms with Crippen LogP contribution in [0.2, 0.25) is 0 Å². The molecule has 0 bridgehead atoms. The van der Waals surface area contributed by atoms with Crippen molar-refractivity contribution in [3.8, 4) is 0 Å². The van der Waals surface area contributed by atoms with Gasteiger partial charge in [-0.2, -0.15) is 0 Å². The average Bonchev–Trinajstić information content (AvgIpc) is 2.63. The number of amides is 1. The standard InChI is InChI=1S/C18H18N6O4S/c1-12-9-16(21-13(2)20-12)23-29(27,28)15-5-3-14(4-6-15)22-17(25)10-24-11-19-8-7-18(24)26/h3-9,11H,10H2,1-2H3,(H,22,25)(H,20,21,23). The van der Waals surface area contributed by atoms with Gasteiger partial charge in [0.2, 0.25) is 5.91 Å². The fraction of sp³-hybridized carbons (Fsp3) is 0.167. The van der Waals surface area contributed by atoms with Crippen LogP contribution < -0.4 is 15.6 Å². The van der Waals surface area contributed by atoms with Crippen LogP contribution in [0.3, 0.4) is 0 Å². The van der Waals surface area contributed by atoms with E-state index in [1.165, 1.54) is 48.9 Å². The minimum atomic E-state index is -3.85. The largest absolute Gasteiger partial charge is 0.325 e. The molecule has 11 heteroatoms.